The molecule has 1 aromatic heterocycles. The number of methoxy groups -OCH3 is 2. The molecule has 0 aliphatic heterocycles. The molecule has 144 valence electrons. The number of nitrogens with one attached hydrogen (secondary N) is 2. The highest BCUT2D eigenvalue weighted by Gasteiger charge is 2.12. The van der Waals surface area contributed by atoms with Crippen molar-refractivity contribution in [3.63, 3.8) is 0 Å². The maximum atomic E-state index is 12.6. The van der Waals surface area contributed by atoms with Crippen LogP contribution in [0.5, 0.6) is 11.5 Å². The van der Waals surface area contributed by atoms with Gasteiger partial charge >= 0.3 is 0 Å². The van der Waals surface area contributed by atoms with Gasteiger partial charge in [-0.3, -0.25) is 4.79 Å². The Morgan fingerprint density at radius 1 is 1.00 bits per heavy atom. The Morgan fingerprint density at radius 2 is 1.79 bits per heavy atom. The number of carbonyl (C=O) groups excluding carboxylic acids is 1. The van der Waals surface area contributed by atoms with E-state index in [0.717, 1.165) is 16.8 Å². The average Bonchev–Trinajstić information content (AvgIpc) is 2.71. The minimum absolute atomic E-state index is 0.263. The second kappa shape index (κ2) is 8.39. The summed E-state index contributed by atoms with van der Waals surface area (Å²) in [6, 6.07) is 12.7. The second-order valence-corrected chi connectivity index (χ2v) is 6.16. The van der Waals surface area contributed by atoms with Crippen molar-refractivity contribution in [3.05, 3.63) is 65.5 Å². The van der Waals surface area contributed by atoms with Gasteiger partial charge in [0.25, 0.3) is 5.91 Å². The highest BCUT2D eigenvalue weighted by molar-refractivity contribution is 6.03. The lowest BCUT2D eigenvalue weighted by atomic mass is 10.1. The van der Waals surface area contributed by atoms with Crippen LogP contribution in [-0.2, 0) is 0 Å². The third-order valence-electron chi connectivity index (χ3n) is 4.38. The van der Waals surface area contributed by atoms with Crippen LogP contribution in [0.4, 0.5) is 17.3 Å². The van der Waals surface area contributed by atoms with Crippen LogP contribution in [0.25, 0.3) is 0 Å². The molecule has 0 saturated heterocycles. The maximum absolute atomic E-state index is 12.6. The molecule has 1 amide bonds. The van der Waals surface area contributed by atoms with Crippen molar-refractivity contribution in [3.8, 4) is 11.5 Å². The predicted octanol–water partition coefficient (Wildman–Crippen LogP) is 4.11. The molecule has 0 radical (unpaired) electrons. The van der Waals surface area contributed by atoms with Crippen molar-refractivity contribution in [1.82, 2.24) is 9.97 Å². The summed E-state index contributed by atoms with van der Waals surface area (Å²) >= 11 is 0. The summed E-state index contributed by atoms with van der Waals surface area (Å²) in [6.45, 7) is 3.97. The number of anilines is 3. The topological polar surface area (TPSA) is 85.4 Å². The van der Waals surface area contributed by atoms with Crippen LogP contribution in [0.3, 0.4) is 0 Å². The molecule has 0 aliphatic rings. The van der Waals surface area contributed by atoms with E-state index >= 15 is 0 Å². The van der Waals surface area contributed by atoms with Crippen molar-refractivity contribution >= 4 is 23.2 Å². The van der Waals surface area contributed by atoms with Gasteiger partial charge in [-0.15, -0.1) is 0 Å². The molecule has 2 aromatic carbocycles. The fraction of sp³-hybridized carbons (Fsp3) is 0.190. The van der Waals surface area contributed by atoms with E-state index in [1.165, 1.54) is 6.20 Å². The Balaban J connectivity index is 1.78. The number of carbonyl (C=O) groups is 1. The quantitative estimate of drug-likeness (QED) is 0.671. The molecule has 28 heavy (non-hydrogen) atoms. The molecule has 0 saturated carbocycles. The molecule has 0 bridgehead atoms. The Hall–Kier alpha value is -3.61. The van der Waals surface area contributed by atoms with Crippen molar-refractivity contribution in [2.75, 3.05) is 24.9 Å². The lowest BCUT2D eigenvalue weighted by molar-refractivity contribution is 0.102. The first-order valence-electron chi connectivity index (χ1n) is 8.71. The number of ether oxygens (including phenoxy) is 2. The van der Waals surface area contributed by atoms with Crippen molar-refractivity contribution in [1.29, 1.82) is 0 Å². The number of nitrogens with zero attached hydrogens (tertiary/aromatic N) is 2. The van der Waals surface area contributed by atoms with E-state index in [4.69, 9.17) is 9.47 Å². The lowest BCUT2D eigenvalue weighted by Gasteiger charge is -2.12. The van der Waals surface area contributed by atoms with Gasteiger partial charge in [-0.1, -0.05) is 12.1 Å². The first-order valence-corrected chi connectivity index (χ1v) is 8.71. The van der Waals surface area contributed by atoms with Crippen LogP contribution in [0.15, 0.2) is 48.7 Å². The fourth-order valence-corrected chi connectivity index (χ4v) is 2.66. The Bertz CT molecular complexity index is 1000. The SMILES string of the molecule is COc1ccc(Nc2nccc(C(=O)Nc3cccc(C)c3C)n2)cc1OC. The smallest absolute Gasteiger partial charge is 0.274 e. The maximum Gasteiger partial charge on any atom is 0.274 e. The van der Waals surface area contributed by atoms with Crippen LogP contribution in [0, 0.1) is 13.8 Å². The minimum Gasteiger partial charge on any atom is -0.493 e. The van der Waals surface area contributed by atoms with E-state index in [1.54, 1.807) is 32.4 Å². The zero-order chi connectivity index (χ0) is 20.1. The Labute approximate surface area is 163 Å². The monoisotopic (exact) mass is 378 g/mol. The van der Waals surface area contributed by atoms with Gasteiger partial charge < -0.3 is 20.1 Å². The van der Waals surface area contributed by atoms with Crippen LogP contribution >= 0.6 is 0 Å². The zero-order valence-electron chi connectivity index (χ0n) is 16.2. The van der Waals surface area contributed by atoms with Gasteiger partial charge in [0.05, 0.1) is 14.2 Å². The molecule has 0 atom stereocenters. The first-order chi connectivity index (χ1) is 13.5. The van der Waals surface area contributed by atoms with Gasteiger partial charge in [0.2, 0.25) is 5.95 Å². The molecule has 0 spiro atoms. The second-order valence-electron chi connectivity index (χ2n) is 6.16. The summed E-state index contributed by atoms with van der Waals surface area (Å²) in [4.78, 5) is 21.1. The molecule has 0 fully saturated rings. The van der Waals surface area contributed by atoms with Crippen LogP contribution in [0.1, 0.15) is 21.6 Å². The van der Waals surface area contributed by atoms with E-state index in [1.807, 2.05) is 38.1 Å². The summed E-state index contributed by atoms with van der Waals surface area (Å²) in [7, 11) is 3.14. The van der Waals surface area contributed by atoms with Crippen molar-refractivity contribution in [2.45, 2.75) is 13.8 Å². The zero-order valence-corrected chi connectivity index (χ0v) is 16.2. The number of benzene rings is 2. The summed E-state index contributed by atoms with van der Waals surface area (Å²) < 4.78 is 10.5. The van der Waals surface area contributed by atoms with Gasteiger partial charge in [-0.25, -0.2) is 9.97 Å². The number of aryl methyl sites for hydroxylation is 1. The van der Waals surface area contributed by atoms with E-state index < -0.39 is 0 Å². The first kappa shape index (κ1) is 19.2. The van der Waals surface area contributed by atoms with Crippen LogP contribution < -0.4 is 20.1 Å². The van der Waals surface area contributed by atoms with Gasteiger partial charge in [0.1, 0.15) is 5.69 Å². The molecule has 3 rings (SSSR count). The number of hydrogen-bond acceptors (Lipinski definition) is 6. The third kappa shape index (κ3) is 4.20. The normalized spacial score (nSPS) is 10.3. The summed E-state index contributed by atoms with van der Waals surface area (Å²) in [5.41, 5.74) is 3.87. The van der Waals surface area contributed by atoms with E-state index in [9.17, 15) is 4.79 Å². The Kier molecular flexibility index (Phi) is 5.74. The molecular weight excluding hydrogens is 356 g/mol. The third-order valence-corrected chi connectivity index (χ3v) is 4.38. The largest absolute Gasteiger partial charge is 0.493 e. The van der Waals surface area contributed by atoms with Crippen molar-refractivity contribution in [2.24, 2.45) is 0 Å². The van der Waals surface area contributed by atoms with E-state index in [-0.39, 0.29) is 11.6 Å². The minimum atomic E-state index is -0.300. The van der Waals surface area contributed by atoms with E-state index in [2.05, 4.69) is 20.6 Å². The fourth-order valence-electron chi connectivity index (χ4n) is 2.66. The van der Waals surface area contributed by atoms with Gasteiger partial charge in [-0.2, -0.15) is 0 Å². The van der Waals surface area contributed by atoms with Crippen molar-refractivity contribution < 1.29 is 14.3 Å². The highest BCUT2D eigenvalue weighted by Crippen LogP contribution is 2.30. The van der Waals surface area contributed by atoms with Gasteiger partial charge in [0, 0.05) is 23.6 Å². The van der Waals surface area contributed by atoms with E-state index in [0.29, 0.717) is 23.1 Å². The lowest BCUT2D eigenvalue weighted by Crippen LogP contribution is -2.15. The van der Waals surface area contributed by atoms with Gasteiger partial charge in [-0.05, 0) is 49.2 Å². The predicted molar refractivity (Wildman–Crippen MR) is 109 cm³/mol. The molecule has 3 aromatic rings. The standard InChI is InChI=1S/C21H22N4O3/c1-13-6-5-7-16(14(13)2)24-20(26)17-10-11-22-21(25-17)23-15-8-9-18(27-3)19(12-15)28-4/h5-12H,1-4H3,(H,24,26)(H,22,23,25). The molecule has 1 heterocycles. The summed E-state index contributed by atoms with van der Waals surface area (Å²) in [6.07, 6.45) is 1.54. The summed E-state index contributed by atoms with van der Waals surface area (Å²) in [5, 5.41) is 5.97. The number of aromatic nitrogens is 2. The molecule has 7 nitrogen and oxygen atoms in total. The number of hydrogen-bond donors (Lipinski definition) is 2. The van der Waals surface area contributed by atoms with Gasteiger partial charge in [0.15, 0.2) is 11.5 Å². The highest BCUT2D eigenvalue weighted by atomic mass is 16.5. The average molecular weight is 378 g/mol. The Morgan fingerprint density at radius 3 is 2.54 bits per heavy atom. The molecule has 2 N–H and O–H groups in total. The molecular formula is C21H22N4O3. The molecule has 0 unspecified atom stereocenters. The van der Waals surface area contributed by atoms with Crippen LogP contribution in [-0.4, -0.2) is 30.1 Å². The van der Waals surface area contributed by atoms with Crippen LogP contribution in [0.2, 0.25) is 0 Å². The summed E-state index contributed by atoms with van der Waals surface area (Å²) in [5.74, 6) is 1.21. The molecule has 7 heteroatoms. The molecule has 0 aliphatic carbocycles. The number of amides is 1. The number of rotatable bonds is 6.